The summed E-state index contributed by atoms with van der Waals surface area (Å²) in [5.41, 5.74) is 3.61. The molecule has 0 spiro atoms. The lowest BCUT2D eigenvalue weighted by atomic mass is 9.92. The molecule has 0 unspecified atom stereocenters. The van der Waals surface area contributed by atoms with E-state index in [4.69, 9.17) is 27.3 Å². The van der Waals surface area contributed by atoms with Crippen molar-refractivity contribution in [2.24, 2.45) is 0 Å². The van der Waals surface area contributed by atoms with Gasteiger partial charge in [-0.05, 0) is 71.8 Å². The van der Waals surface area contributed by atoms with E-state index in [9.17, 15) is 16.8 Å². The molecule has 0 heterocycles. The quantitative estimate of drug-likeness (QED) is 0.0594. The molecule has 0 atom stereocenters. The Morgan fingerprint density at radius 2 is 0.778 bits per heavy atom. The zero-order valence-corrected chi connectivity index (χ0v) is 31.7. The van der Waals surface area contributed by atoms with E-state index in [-0.39, 0.29) is 62.6 Å². The van der Waals surface area contributed by atoms with Crippen LogP contribution < -0.4 is 9.47 Å². The fourth-order valence-electron chi connectivity index (χ4n) is 5.84. The van der Waals surface area contributed by atoms with Gasteiger partial charge in [0.15, 0.2) is 0 Å². The van der Waals surface area contributed by atoms with Crippen LogP contribution in [0.2, 0.25) is 0 Å². The maximum Gasteiger partial charge on any atom is 0.297 e. The standard InChI is InChI=1S/C42H42O10S2/c1-31-11-17-35(18-12-31)53(43,44)51-29-25-47-23-27-49-39-21-15-33-7-3-5-9-37(33)41(39)42-38-10-6-4-8-34(38)16-22-40(42)50-28-24-48-26-30-52-54(45,46)36-19-13-32(2)14-20-36/h3-22H,23-30H2,1-2H3. The number of benzene rings is 6. The van der Waals surface area contributed by atoms with Crippen molar-refractivity contribution >= 4 is 41.8 Å². The topological polar surface area (TPSA) is 124 Å². The lowest BCUT2D eigenvalue weighted by molar-refractivity contribution is 0.0776. The van der Waals surface area contributed by atoms with Crippen LogP contribution in [0.4, 0.5) is 0 Å². The molecular weight excluding hydrogens is 729 g/mol. The molecule has 54 heavy (non-hydrogen) atoms. The summed E-state index contributed by atoms with van der Waals surface area (Å²) >= 11 is 0. The zero-order chi connectivity index (χ0) is 38.0. The maximum atomic E-state index is 12.5. The van der Waals surface area contributed by atoms with Gasteiger partial charge in [0, 0.05) is 11.1 Å². The van der Waals surface area contributed by atoms with Crippen LogP contribution in [0.5, 0.6) is 11.5 Å². The molecule has 6 aromatic carbocycles. The van der Waals surface area contributed by atoms with Gasteiger partial charge >= 0.3 is 0 Å². The van der Waals surface area contributed by atoms with Crippen molar-refractivity contribution in [2.45, 2.75) is 23.6 Å². The Labute approximate surface area is 316 Å². The smallest absolute Gasteiger partial charge is 0.297 e. The average molecular weight is 771 g/mol. The average Bonchev–Trinajstić information content (AvgIpc) is 3.17. The van der Waals surface area contributed by atoms with Crippen LogP contribution in [0.15, 0.2) is 131 Å². The number of fused-ring (bicyclic) bond motifs is 2. The van der Waals surface area contributed by atoms with Crippen molar-refractivity contribution in [3.8, 4) is 22.6 Å². The second kappa shape index (κ2) is 18.0. The predicted octanol–water partition coefficient (Wildman–Crippen LogP) is 7.88. The third kappa shape index (κ3) is 9.83. The first-order valence-corrected chi connectivity index (χ1v) is 20.3. The Balaban J connectivity index is 1.10. The normalized spacial score (nSPS) is 12.0. The van der Waals surface area contributed by atoms with Crippen LogP contribution in [0.3, 0.4) is 0 Å². The summed E-state index contributed by atoms with van der Waals surface area (Å²) in [6, 6.07) is 36.9. The Morgan fingerprint density at radius 3 is 1.19 bits per heavy atom. The minimum Gasteiger partial charge on any atom is -0.491 e. The first-order chi connectivity index (χ1) is 26.1. The molecule has 0 saturated heterocycles. The second-order valence-electron chi connectivity index (χ2n) is 12.4. The summed E-state index contributed by atoms with van der Waals surface area (Å²) in [7, 11) is -7.76. The van der Waals surface area contributed by atoms with E-state index in [1.165, 1.54) is 24.3 Å². The summed E-state index contributed by atoms with van der Waals surface area (Å²) in [5, 5.41) is 3.97. The molecule has 0 radical (unpaired) electrons. The molecule has 0 aromatic heterocycles. The van der Waals surface area contributed by atoms with Crippen molar-refractivity contribution < 1.29 is 44.1 Å². The fraction of sp³-hybridized carbons (Fsp3) is 0.238. The van der Waals surface area contributed by atoms with Gasteiger partial charge in [-0.1, -0.05) is 96.1 Å². The highest BCUT2D eigenvalue weighted by atomic mass is 32.2. The highest BCUT2D eigenvalue weighted by molar-refractivity contribution is 7.87. The number of ether oxygens (including phenoxy) is 4. The molecule has 0 amide bonds. The van der Waals surface area contributed by atoms with Crippen molar-refractivity contribution in [3.63, 3.8) is 0 Å². The molecule has 0 aliphatic carbocycles. The van der Waals surface area contributed by atoms with Crippen molar-refractivity contribution in [1.82, 2.24) is 0 Å². The highest BCUT2D eigenvalue weighted by Crippen LogP contribution is 2.45. The molecule has 0 aliphatic heterocycles. The van der Waals surface area contributed by atoms with Gasteiger partial charge in [0.05, 0.1) is 49.4 Å². The van der Waals surface area contributed by atoms with Gasteiger partial charge in [-0.15, -0.1) is 0 Å². The first-order valence-electron chi connectivity index (χ1n) is 17.5. The molecule has 6 rings (SSSR count). The van der Waals surface area contributed by atoms with Gasteiger partial charge in [0.1, 0.15) is 24.7 Å². The molecule has 12 heteroatoms. The minimum absolute atomic E-state index is 0.0666. The first kappa shape index (κ1) is 38.9. The van der Waals surface area contributed by atoms with E-state index in [1.807, 2.05) is 86.6 Å². The van der Waals surface area contributed by atoms with Gasteiger partial charge in [-0.3, -0.25) is 8.37 Å². The van der Waals surface area contributed by atoms with Gasteiger partial charge in [-0.25, -0.2) is 0 Å². The van der Waals surface area contributed by atoms with Crippen LogP contribution in [0.25, 0.3) is 32.7 Å². The third-order valence-corrected chi connectivity index (χ3v) is 11.2. The third-order valence-electron chi connectivity index (χ3n) is 8.55. The Hall–Kier alpha value is -4.82. The Bertz CT molecular complexity index is 2220. The molecule has 0 fully saturated rings. The molecule has 0 bridgehead atoms. The van der Waals surface area contributed by atoms with E-state index in [0.717, 1.165) is 43.8 Å². The molecule has 10 nitrogen and oxygen atoms in total. The largest absolute Gasteiger partial charge is 0.491 e. The molecular formula is C42H42O10S2. The SMILES string of the molecule is Cc1ccc(S(=O)(=O)OCCOCCOc2ccc3ccccc3c2-c2c(OCCOCCOS(=O)(=O)c3ccc(C)cc3)ccc3ccccc23)cc1. The van der Waals surface area contributed by atoms with Crippen LogP contribution in [-0.2, 0) is 38.1 Å². The molecule has 0 saturated carbocycles. The molecule has 282 valence electrons. The van der Waals surface area contributed by atoms with Crippen LogP contribution in [-0.4, -0.2) is 69.7 Å². The fourth-order valence-corrected chi connectivity index (χ4v) is 7.62. The van der Waals surface area contributed by atoms with Gasteiger partial charge in [0.2, 0.25) is 0 Å². The van der Waals surface area contributed by atoms with Crippen molar-refractivity contribution in [2.75, 3.05) is 52.9 Å². The van der Waals surface area contributed by atoms with Crippen LogP contribution >= 0.6 is 0 Å². The van der Waals surface area contributed by atoms with E-state index >= 15 is 0 Å². The summed E-state index contributed by atoms with van der Waals surface area (Å²) in [5.74, 6) is 1.25. The van der Waals surface area contributed by atoms with Crippen LogP contribution in [0.1, 0.15) is 11.1 Å². The number of rotatable bonds is 19. The summed E-state index contributed by atoms with van der Waals surface area (Å²) < 4.78 is 84.3. The highest BCUT2D eigenvalue weighted by Gasteiger charge is 2.20. The van der Waals surface area contributed by atoms with E-state index < -0.39 is 20.2 Å². The number of hydrogen-bond donors (Lipinski definition) is 0. The van der Waals surface area contributed by atoms with E-state index in [1.54, 1.807) is 24.3 Å². The lowest BCUT2D eigenvalue weighted by Gasteiger charge is -2.20. The molecule has 0 aliphatic rings. The number of aryl methyl sites for hydroxylation is 2. The van der Waals surface area contributed by atoms with Crippen molar-refractivity contribution in [3.05, 3.63) is 132 Å². The maximum absolute atomic E-state index is 12.5. The molecule has 6 aromatic rings. The van der Waals surface area contributed by atoms with Gasteiger partial charge < -0.3 is 18.9 Å². The Kier molecular flexibility index (Phi) is 13.0. The Morgan fingerprint density at radius 1 is 0.407 bits per heavy atom. The van der Waals surface area contributed by atoms with Crippen molar-refractivity contribution in [1.29, 1.82) is 0 Å². The number of hydrogen-bond acceptors (Lipinski definition) is 10. The second-order valence-corrected chi connectivity index (χ2v) is 15.7. The summed E-state index contributed by atoms with van der Waals surface area (Å²) in [4.78, 5) is 0.197. The zero-order valence-electron chi connectivity index (χ0n) is 30.1. The van der Waals surface area contributed by atoms with E-state index in [0.29, 0.717) is 11.5 Å². The summed E-state index contributed by atoms with van der Waals surface area (Å²) in [6.45, 7) is 4.45. The van der Waals surface area contributed by atoms with Gasteiger partial charge in [0.25, 0.3) is 20.2 Å². The monoisotopic (exact) mass is 770 g/mol. The molecule has 0 N–H and O–H groups in total. The van der Waals surface area contributed by atoms with Gasteiger partial charge in [-0.2, -0.15) is 16.8 Å². The summed E-state index contributed by atoms with van der Waals surface area (Å²) in [6.07, 6.45) is 0. The minimum atomic E-state index is -3.88. The lowest BCUT2D eigenvalue weighted by Crippen LogP contribution is -2.14. The van der Waals surface area contributed by atoms with Crippen LogP contribution in [0, 0.1) is 13.8 Å². The predicted molar refractivity (Wildman–Crippen MR) is 208 cm³/mol. The van der Waals surface area contributed by atoms with E-state index in [2.05, 4.69) is 0 Å².